The molecule has 0 saturated heterocycles. The first kappa shape index (κ1) is 13.6. The average Bonchev–Trinajstić information content (AvgIpc) is 2.71. The molecule has 0 bridgehead atoms. The van der Waals surface area contributed by atoms with Gasteiger partial charge in [0.2, 0.25) is 0 Å². The van der Waals surface area contributed by atoms with Gasteiger partial charge in [-0.05, 0) is 23.9 Å². The predicted octanol–water partition coefficient (Wildman–Crippen LogP) is 0.380. The molecule has 0 unspecified atom stereocenters. The van der Waals surface area contributed by atoms with Crippen LogP contribution in [0.25, 0.3) is 0 Å². The van der Waals surface area contributed by atoms with Gasteiger partial charge in [-0.25, -0.2) is 4.68 Å². The highest BCUT2D eigenvalue weighted by Gasteiger charge is 2.09. The zero-order valence-electron chi connectivity index (χ0n) is 10.3. The topological polar surface area (TPSA) is 84.1 Å². The van der Waals surface area contributed by atoms with Gasteiger partial charge in [-0.1, -0.05) is 13.3 Å². The maximum Gasteiger partial charge on any atom is 0.304 e. The summed E-state index contributed by atoms with van der Waals surface area (Å²) < 4.78 is 1.78. The highest BCUT2D eigenvalue weighted by molar-refractivity contribution is 5.66. The summed E-state index contributed by atoms with van der Waals surface area (Å²) in [6, 6.07) is 0. The minimum atomic E-state index is -0.789. The van der Waals surface area contributed by atoms with Crippen molar-refractivity contribution < 1.29 is 9.90 Å². The number of nitrogens with zero attached hydrogens (tertiary/aromatic N) is 5. The van der Waals surface area contributed by atoms with Crippen LogP contribution in [0.4, 0.5) is 0 Å². The zero-order valence-corrected chi connectivity index (χ0v) is 10.3. The Labute approximate surface area is 100 Å². The van der Waals surface area contributed by atoms with E-state index in [1.807, 2.05) is 11.9 Å². The minimum Gasteiger partial charge on any atom is -0.481 e. The maximum absolute atomic E-state index is 10.4. The number of aromatic nitrogens is 4. The summed E-state index contributed by atoms with van der Waals surface area (Å²) in [5.74, 6) is -0.00577. The fourth-order valence-corrected chi connectivity index (χ4v) is 1.43. The molecule has 1 N–H and O–H groups in total. The van der Waals surface area contributed by atoms with Gasteiger partial charge in [0.25, 0.3) is 0 Å². The average molecular weight is 241 g/mol. The monoisotopic (exact) mass is 241 g/mol. The third-order valence-electron chi connectivity index (χ3n) is 2.45. The lowest BCUT2D eigenvalue weighted by Gasteiger charge is -2.14. The van der Waals surface area contributed by atoms with Crippen LogP contribution in [0.3, 0.4) is 0 Å². The van der Waals surface area contributed by atoms with Gasteiger partial charge >= 0.3 is 5.97 Å². The van der Waals surface area contributed by atoms with E-state index in [0.717, 1.165) is 25.2 Å². The first-order valence-electron chi connectivity index (χ1n) is 5.79. The number of hydrogen-bond donors (Lipinski definition) is 1. The Kier molecular flexibility index (Phi) is 5.55. The molecular formula is C10H19N5O2. The van der Waals surface area contributed by atoms with E-state index in [2.05, 4.69) is 22.4 Å². The number of hydrogen-bond acceptors (Lipinski definition) is 5. The first-order chi connectivity index (χ1) is 8.13. The Morgan fingerprint density at radius 2 is 2.29 bits per heavy atom. The number of carboxylic acids is 1. The smallest absolute Gasteiger partial charge is 0.304 e. The summed E-state index contributed by atoms with van der Waals surface area (Å²) >= 11 is 0. The fraction of sp³-hybridized carbons (Fsp3) is 0.800. The van der Waals surface area contributed by atoms with Crippen molar-refractivity contribution in [2.24, 2.45) is 0 Å². The van der Waals surface area contributed by atoms with Crippen molar-refractivity contribution in [1.29, 1.82) is 0 Å². The molecular weight excluding hydrogens is 222 g/mol. The van der Waals surface area contributed by atoms with Crippen LogP contribution in [0.2, 0.25) is 0 Å². The minimum absolute atomic E-state index is 0.132. The molecule has 0 aliphatic heterocycles. The SMILES string of the molecule is CCCCn1nnnc1CN(C)CCC(=O)O. The molecule has 1 heterocycles. The summed E-state index contributed by atoms with van der Waals surface area (Å²) in [7, 11) is 1.86. The van der Waals surface area contributed by atoms with Crippen molar-refractivity contribution in [1.82, 2.24) is 25.1 Å². The molecule has 7 nitrogen and oxygen atoms in total. The van der Waals surface area contributed by atoms with Gasteiger partial charge in [-0.2, -0.15) is 0 Å². The van der Waals surface area contributed by atoms with Crippen molar-refractivity contribution in [2.45, 2.75) is 39.3 Å². The molecule has 96 valence electrons. The van der Waals surface area contributed by atoms with E-state index in [1.165, 1.54) is 0 Å². The number of unbranched alkanes of at least 4 members (excludes halogenated alkanes) is 1. The largest absolute Gasteiger partial charge is 0.481 e. The molecule has 0 radical (unpaired) electrons. The maximum atomic E-state index is 10.4. The quantitative estimate of drug-likeness (QED) is 0.708. The second-order valence-corrected chi connectivity index (χ2v) is 4.05. The zero-order chi connectivity index (χ0) is 12.7. The van der Waals surface area contributed by atoms with Gasteiger partial charge in [0, 0.05) is 13.1 Å². The summed E-state index contributed by atoms with van der Waals surface area (Å²) in [6.07, 6.45) is 2.26. The number of carboxylic acid groups (broad SMARTS) is 1. The van der Waals surface area contributed by atoms with E-state index in [0.29, 0.717) is 13.1 Å². The molecule has 0 amide bonds. The molecule has 0 aliphatic carbocycles. The van der Waals surface area contributed by atoms with Crippen molar-refractivity contribution in [3.63, 3.8) is 0 Å². The highest BCUT2D eigenvalue weighted by atomic mass is 16.4. The Morgan fingerprint density at radius 1 is 1.53 bits per heavy atom. The second kappa shape index (κ2) is 6.95. The molecule has 1 aromatic rings. The van der Waals surface area contributed by atoms with E-state index >= 15 is 0 Å². The van der Waals surface area contributed by atoms with Crippen LogP contribution < -0.4 is 0 Å². The number of rotatable bonds is 8. The van der Waals surface area contributed by atoms with Crippen molar-refractivity contribution in [3.8, 4) is 0 Å². The second-order valence-electron chi connectivity index (χ2n) is 4.05. The molecule has 0 aliphatic rings. The van der Waals surface area contributed by atoms with Gasteiger partial charge in [0.05, 0.1) is 13.0 Å². The predicted molar refractivity (Wildman–Crippen MR) is 61.3 cm³/mol. The third kappa shape index (κ3) is 4.90. The lowest BCUT2D eigenvalue weighted by atomic mass is 10.3. The van der Waals surface area contributed by atoms with Crippen LogP contribution >= 0.6 is 0 Å². The summed E-state index contributed by atoms with van der Waals surface area (Å²) in [5.41, 5.74) is 0. The lowest BCUT2D eigenvalue weighted by molar-refractivity contribution is -0.137. The standard InChI is InChI=1S/C10H19N5O2/c1-3-4-6-15-9(11-12-13-15)8-14(2)7-5-10(16)17/h3-8H2,1-2H3,(H,16,17). The van der Waals surface area contributed by atoms with Gasteiger partial charge in [-0.15, -0.1) is 5.10 Å². The summed E-state index contributed by atoms with van der Waals surface area (Å²) in [4.78, 5) is 12.3. The number of aliphatic carboxylic acids is 1. The molecule has 17 heavy (non-hydrogen) atoms. The van der Waals surface area contributed by atoms with Gasteiger partial charge in [0.1, 0.15) is 0 Å². The molecule has 0 spiro atoms. The summed E-state index contributed by atoms with van der Waals surface area (Å²) in [5, 5.41) is 20.1. The van der Waals surface area contributed by atoms with Crippen molar-refractivity contribution >= 4 is 5.97 Å². The molecule has 7 heteroatoms. The van der Waals surface area contributed by atoms with Gasteiger partial charge < -0.3 is 5.11 Å². The van der Waals surface area contributed by atoms with Crippen molar-refractivity contribution in [2.75, 3.05) is 13.6 Å². The molecule has 0 fully saturated rings. The first-order valence-corrected chi connectivity index (χ1v) is 5.79. The Bertz CT molecular complexity index is 352. The van der Waals surface area contributed by atoms with Crippen LogP contribution in [0.1, 0.15) is 32.0 Å². The van der Waals surface area contributed by atoms with Gasteiger partial charge in [-0.3, -0.25) is 9.69 Å². The van der Waals surface area contributed by atoms with Crippen LogP contribution in [-0.4, -0.2) is 49.8 Å². The van der Waals surface area contributed by atoms with E-state index in [9.17, 15) is 4.79 Å². The Morgan fingerprint density at radius 3 is 2.94 bits per heavy atom. The fourth-order valence-electron chi connectivity index (χ4n) is 1.43. The van der Waals surface area contributed by atoms with Crippen LogP contribution in [-0.2, 0) is 17.9 Å². The molecule has 1 rings (SSSR count). The molecule has 1 aromatic heterocycles. The number of tetrazole rings is 1. The normalized spacial score (nSPS) is 11.0. The molecule has 0 atom stereocenters. The molecule has 0 saturated carbocycles. The lowest BCUT2D eigenvalue weighted by Crippen LogP contribution is -2.23. The Balaban J connectivity index is 2.44. The number of carbonyl (C=O) groups is 1. The third-order valence-corrected chi connectivity index (χ3v) is 2.45. The van der Waals surface area contributed by atoms with E-state index < -0.39 is 5.97 Å². The van der Waals surface area contributed by atoms with Crippen LogP contribution in [0.15, 0.2) is 0 Å². The van der Waals surface area contributed by atoms with Gasteiger partial charge in [0.15, 0.2) is 5.82 Å². The van der Waals surface area contributed by atoms with E-state index in [-0.39, 0.29) is 6.42 Å². The number of aryl methyl sites for hydroxylation is 1. The van der Waals surface area contributed by atoms with Crippen LogP contribution in [0.5, 0.6) is 0 Å². The van der Waals surface area contributed by atoms with E-state index in [4.69, 9.17) is 5.11 Å². The van der Waals surface area contributed by atoms with E-state index in [1.54, 1.807) is 4.68 Å². The molecule has 0 aromatic carbocycles. The highest BCUT2D eigenvalue weighted by Crippen LogP contribution is 2.01. The van der Waals surface area contributed by atoms with Crippen LogP contribution in [0, 0.1) is 0 Å². The Hall–Kier alpha value is -1.50. The van der Waals surface area contributed by atoms with Crippen molar-refractivity contribution in [3.05, 3.63) is 5.82 Å². The summed E-state index contributed by atoms with van der Waals surface area (Å²) in [6.45, 7) is 3.99.